The maximum Gasteiger partial charge on any atom is 0.271 e. The summed E-state index contributed by atoms with van der Waals surface area (Å²) >= 11 is 37.5. The van der Waals surface area contributed by atoms with E-state index in [0.717, 1.165) is 49.7 Å². The van der Waals surface area contributed by atoms with Gasteiger partial charge in [0, 0.05) is 44.3 Å². The van der Waals surface area contributed by atoms with E-state index in [1.54, 1.807) is 82.2 Å². The van der Waals surface area contributed by atoms with Crippen molar-refractivity contribution < 1.29 is 9.59 Å². The number of benzene rings is 4. The number of unbranched alkanes of at least 4 members (excludes halogenated alkanes) is 5. The number of amides is 2. The first-order valence-corrected chi connectivity index (χ1v) is 19.5. The van der Waals surface area contributed by atoms with Gasteiger partial charge >= 0.3 is 0 Å². The number of hydrogen-bond acceptors (Lipinski definition) is 4. The fourth-order valence-electron chi connectivity index (χ4n) is 5.85. The van der Waals surface area contributed by atoms with Crippen LogP contribution in [0.3, 0.4) is 0 Å². The van der Waals surface area contributed by atoms with Gasteiger partial charge in [-0.05, 0) is 85.6 Å². The van der Waals surface area contributed by atoms with Gasteiger partial charge < -0.3 is 10.6 Å². The van der Waals surface area contributed by atoms with E-state index >= 15 is 0 Å². The summed E-state index contributed by atoms with van der Waals surface area (Å²) < 4.78 is 3.28. The quantitative estimate of drug-likeness (QED) is 0.101. The van der Waals surface area contributed by atoms with Gasteiger partial charge in [0.2, 0.25) is 0 Å². The zero-order valence-electron chi connectivity index (χ0n) is 28.8. The third-order valence-electron chi connectivity index (χ3n) is 8.61. The van der Waals surface area contributed by atoms with Crippen molar-refractivity contribution in [1.82, 2.24) is 30.2 Å². The minimum atomic E-state index is -0.272. The van der Waals surface area contributed by atoms with Crippen LogP contribution in [0, 0.1) is 0 Å². The summed E-state index contributed by atoms with van der Waals surface area (Å²) in [6, 6.07) is 28.3. The number of carbonyl (C=O) groups is 2. The van der Waals surface area contributed by atoms with E-state index in [2.05, 4.69) is 20.8 Å². The fraction of sp³-hybridized carbons (Fsp3) is 0.200. The van der Waals surface area contributed by atoms with Crippen molar-refractivity contribution in [2.45, 2.75) is 38.5 Å². The molecule has 0 saturated heterocycles. The first-order valence-electron chi connectivity index (χ1n) is 17.3. The van der Waals surface area contributed by atoms with Crippen LogP contribution < -0.4 is 10.6 Å². The molecule has 0 spiro atoms. The van der Waals surface area contributed by atoms with E-state index in [4.69, 9.17) is 69.6 Å². The van der Waals surface area contributed by atoms with Crippen LogP contribution in [0.4, 0.5) is 0 Å². The standard InChI is InChI=1S/C40H34Cl6N6O2/c41-27-11-7-25(8-12-27)37-23-33(49-51(37)35-17-15-29(43)21-31(35)45)39(53)47-19-5-3-1-2-4-6-20-48-40(54)34-24-38(26-9-13-28(42)14-10-26)52(50-34)36-18-16-30(44)22-32(36)46/h7-18,21-24H,1-6,19-20H2,(H,47,53)(H,48,54). The molecule has 0 fully saturated rings. The maximum atomic E-state index is 13.1. The molecule has 6 aromatic rings. The first kappa shape index (κ1) is 39.7. The van der Waals surface area contributed by atoms with Crippen molar-refractivity contribution in [3.05, 3.63) is 139 Å². The number of hydrogen-bond donors (Lipinski definition) is 2. The molecule has 0 bridgehead atoms. The molecule has 2 amide bonds. The van der Waals surface area contributed by atoms with E-state index in [1.807, 2.05) is 24.3 Å². The van der Waals surface area contributed by atoms with Crippen LogP contribution in [0.15, 0.2) is 97.1 Å². The van der Waals surface area contributed by atoms with Crippen LogP contribution >= 0.6 is 69.6 Å². The predicted octanol–water partition coefficient (Wildman–Crippen LogP) is 11.8. The van der Waals surface area contributed by atoms with Gasteiger partial charge in [0.25, 0.3) is 11.8 Å². The second-order valence-corrected chi connectivity index (χ2v) is 15.1. The molecule has 0 aliphatic carbocycles. The minimum absolute atomic E-state index is 0.272. The molecule has 0 unspecified atom stereocenters. The summed E-state index contributed by atoms with van der Waals surface area (Å²) in [7, 11) is 0. The van der Waals surface area contributed by atoms with Crippen LogP contribution in [0.1, 0.15) is 59.5 Å². The average molecular weight is 843 g/mol. The Balaban J connectivity index is 0.950. The highest BCUT2D eigenvalue weighted by atomic mass is 35.5. The Morgan fingerprint density at radius 1 is 0.463 bits per heavy atom. The van der Waals surface area contributed by atoms with Gasteiger partial charge in [0.15, 0.2) is 11.4 Å². The van der Waals surface area contributed by atoms with Crippen LogP contribution in [0.5, 0.6) is 0 Å². The van der Waals surface area contributed by atoms with E-state index < -0.39 is 0 Å². The Hall–Kier alpha value is -4.02. The molecule has 54 heavy (non-hydrogen) atoms. The van der Waals surface area contributed by atoms with Crippen molar-refractivity contribution in [3.8, 4) is 33.9 Å². The molecule has 0 aliphatic rings. The molecule has 0 atom stereocenters. The SMILES string of the molecule is O=C(NCCCCCCCCNC(=O)c1cc(-c2ccc(Cl)cc2)n(-c2ccc(Cl)cc2Cl)n1)c1cc(-c2ccc(Cl)cc2)n(-c2ccc(Cl)cc2Cl)n1. The molecule has 0 aliphatic heterocycles. The monoisotopic (exact) mass is 840 g/mol. The molecular weight excluding hydrogens is 809 g/mol. The molecule has 6 rings (SSSR count). The lowest BCUT2D eigenvalue weighted by Gasteiger charge is -2.10. The number of rotatable bonds is 15. The van der Waals surface area contributed by atoms with Gasteiger partial charge in [-0.2, -0.15) is 10.2 Å². The number of nitrogens with one attached hydrogen (secondary N) is 2. The first-order chi connectivity index (χ1) is 26.1. The van der Waals surface area contributed by atoms with E-state index in [1.165, 1.54) is 0 Å². The highest BCUT2D eigenvalue weighted by Gasteiger charge is 2.20. The number of nitrogens with zero attached hydrogens (tertiary/aromatic N) is 4. The molecule has 2 N–H and O–H groups in total. The molecule has 278 valence electrons. The normalized spacial score (nSPS) is 11.1. The molecule has 2 aromatic heterocycles. The van der Waals surface area contributed by atoms with Gasteiger partial charge in [-0.3, -0.25) is 9.59 Å². The summed E-state index contributed by atoms with van der Waals surface area (Å²) in [4.78, 5) is 26.2. The minimum Gasteiger partial charge on any atom is -0.351 e. The van der Waals surface area contributed by atoms with Crippen molar-refractivity contribution in [1.29, 1.82) is 0 Å². The molecule has 2 heterocycles. The Kier molecular flexibility index (Phi) is 13.6. The summed E-state index contributed by atoms with van der Waals surface area (Å²) in [5.41, 5.74) is 4.79. The van der Waals surface area contributed by atoms with Gasteiger partial charge in [0.1, 0.15) is 0 Å². The molecule has 14 heteroatoms. The van der Waals surface area contributed by atoms with Crippen molar-refractivity contribution >= 4 is 81.4 Å². The molecule has 0 saturated carbocycles. The topological polar surface area (TPSA) is 93.8 Å². The van der Waals surface area contributed by atoms with Crippen molar-refractivity contribution in [3.63, 3.8) is 0 Å². The predicted molar refractivity (Wildman–Crippen MR) is 220 cm³/mol. The van der Waals surface area contributed by atoms with Crippen LogP contribution in [0.25, 0.3) is 33.9 Å². The van der Waals surface area contributed by atoms with Crippen molar-refractivity contribution in [2.75, 3.05) is 13.1 Å². The number of aromatic nitrogens is 4. The van der Waals surface area contributed by atoms with Gasteiger partial charge in [0.05, 0.1) is 32.8 Å². The highest BCUT2D eigenvalue weighted by molar-refractivity contribution is 6.36. The van der Waals surface area contributed by atoms with E-state index in [0.29, 0.717) is 66.0 Å². The lowest BCUT2D eigenvalue weighted by molar-refractivity contribution is 0.0939. The summed E-state index contributed by atoms with van der Waals surface area (Å²) in [5, 5.41) is 18.2. The van der Waals surface area contributed by atoms with E-state index in [-0.39, 0.29) is 23.2 Å². The fourth-order valence-corrected chi connectivity index (χ4v) is 7.08. The van der Waals surface area contributed by atoms with E-state index in [9.17, 15) is 9.59 Å². The zero-order chi connectivity index (χ0) is 38.2. The summed E-state index contributed by atoms with van der Waals surface area (Å²) in [6.07, 6.45) is 5.57. The summed E-state index contributed by atoms with van der Waals surface area (Å²) in [5.74, 6) is -0.544. The maximum absolute atomic E-state index is 13.1. The van der Waals surface area contributed by atoms with Crippen molar-refractivity contribution in [2.24, 2.45) is 0 Å². The number of halogens is 6. The molecule has 8 nitrogen and oxygen atoms in total. The smallest absolute Gasteiger partial charge is 0.271 e. The lowest BCUT2D eigenvalue weighted by Crippen LogP contribution is -2.25. The lowest BCUT2D eigenvalue weighted by atomic mass is 10.1. The van der Waals surface area contributed by atoms with Gasteiger partial charge in [-0.1, -0.05) is 120 Å². The van der Waals surface area contributed by atoms with Crippen LogP contribution in [0.2, 0.25) is 30.1 Å². The Labute approximate surface area is 343 Å². The Morgan fingerprint density at radius 2 is 0.815 bits per heavy atom. The second-order valence-electron chi connectivity index (χ2n) is 12.5. The summed E-state index contributed by atoms with van der Waals surface area (Å²) in [6.45, 7) is 1.04. The number of carbonyl (C=O) groups excluding carboxylic acids is 2. The third-order valence-corrected chi connectivity index (χ3v) is 10.2. The van der Waals surface area contributed by atoms with Crippen LogP contribution in [-0.2, 0) is 0 Å². The molecule has 4 aromatic carbocycles. The highest BCUT2D eigenvalue weighted by Crippen LogP contribution is 2.32. The second kappa shape index (κ2) is 18.5. The van der Waals surface area contributed by atoms with Gasteiger partial charge in [-0.15, -0.1) is 0 Å². The Bertz CT molecular complexity index is 2090. The largest absolute Gasteiger partial charge is 0.351 e. The molecular formula is C40H34Cl6N6O2. The van der Waals surface area contributed by atoms with Gasteiger partial charge in [-0.25, -0.2) is 9.36 Å². The van der Waals surface area contributed by atoms with Crippen LogP contribution in [-0.4, -0.2) is 44.5 Å². The Morgan fingerprint density at radius 3 is 1.19 bits per heavy atom. The third kappa shape index (κ3) is 9.99. The molecule has 0 radical (unpaired) electrons. The average Bonchev–Trinajstić information content (AvgIpc) is 3.79. The zero-order valence-corrected chi connectivity index (χ0v) is 33.3.